The molecule has 2 N–H and O–H groups in total. The van der Waals surface area contributed by atoms with Gasteiger partial charge in [-0.1, -0.05) is 15.9 Å². The van der Waals surface area contributed by atoms with Crippen molar-refractivity contribution in [3.63, 3.8) is 0 Å². The fraction of sp³-hybridized carbons (Fsp3) is 0.364. The van der Waals surface area contributed by atoms with E-state index in [1.807, 2.05) is 13.0 Å². The maximum Gasteiger partial charge on any atom is 0.179 e. The third kappa shape index (κ3) is 2.58. The molecule has 1 rings (SSSR count). The zero-order chi connectivity index (χ0) is 11.6. The van der Waals surface area contributed by atoms with Crippen LogP contribution in [0.1, 0.15) is 22.8 Å². The number of nitrogens with two attached hydrogens (primary N) is 1. The van der Waals surface area contributed by atoms with Crippen LogP contribution in [0.3, 0.4) is 0 Å². The zero-order valence-corrected chi connectivity index (χ0v) is 10.6. The molecule has 1 unspecified atom stereocenters. The van der Waals surface area contributed by atoms with Gasteiger partial charge in [0.25, 0.3) is 0 Å². The number of halogens is 1. The summed E-state index contributed by atoms with van der Waals surface area (Å²) in [6, 6.07) is 3.04. The summed E-state index contributed by atoms with van der Waals surface area (Å²) in [5.74, 6) is 0.573. The SMILES string of the molecule is COc1cc(Br)c(C)c(C(=O)C(C)N)c1. The van der Waals surface area contributed by atoms with Crippen molar-refractivity contribution in [2.24, 2.45) is 5.73 Å². The minimum atomic E-state index is -0.497. The Balaban J connectivity index is 3.27. The summed E-state index contributed by atoms with van der Waals surface area (Å²) in [4.78, 5) is 11.8. The smallest absolute Gasteiger partial charge is 0.179 e. The van der Waals surface area contributed by atoms with Crippen molar-refractivity contribution in [3.05, 3.63) is 27.7 Å². The van der Waals surface area contributed by atoms with Gasteiger partial charge in [-0.15, -0.1) is 0 Å². The summed E-state index contributed by atoms with van der Waals surface area (Å²) >= 11 is 3.38. The van der Waals surface area contributed by atoms with Crippen LogP contribution in [-0.2, 0) is 0 Å². The molecule has 0 spiro atoms. The fourth-order valence-corrected chi connectivity index (χ4v) is 1.71. The molecule has 0 fully saturated rings. The van der Waals surface area contributed by atoms with Gasteiger partial charge in [0, 0.05) is 10.0 Å². The molecule has 1 atom stereocenters. The van der Waals surface area contributed by atoms with Gasteiger partial charge in [0.2, 0.25) is 0 Å². The monoisotopic (exact) mass is 271 g/mol. The Labute approximate surface area is 97.7 Å². The molecule has 0 aliphatic carbocycles. The van der Waals surface area contributed by atoms with E-state index in [-0.39, 0.29) is 5.78 Å². The predicted molar refractivity (Wildman–Crippen MR) is 63.4 cm³/mol. The number of ketones is 1. The zero-order valence-electron chi connectivity index (χ0n) is 9.00. The summed E-state index contributed by atoms with van der Waals surface area (Å²) in [5, 5.41) is 0. The highest BCUT2D eigenvalue weighted by atomic mass is 79.9. The van der Waals surface area contributed by atoms with E-state index in [9.17, 15) is 4.79 Å². The van der Waals surface area contributed by atoms with E-state index in [2.05, 4.69) is 15.9 Å². The molecule has 4 heteroatoms. The number of ether oxygens (including phenoxy) is 1. The van der Waals surface area contributed by atoms with Crippen molar-refractivity contribution < 1.29 is 9.53 Å². The third-order valence-electron chi connectivity index (χ3n) is 2.23. The number of Topliss-reactive ketones (excluding diaryl/α,β-unsaturated/α-hetero) is 1. The van der Waals surface area contributed by atoms with E-state index in [4.69, 9.17) is 10.5 Å². The summed E-state index contributed by atoms with van der Waals surface area (Å²) in [6.07, 6.45) is 0. The molecule has 0 aromatic heterocycles. The second-order valence-electron chi connectivity index (χ2n) is 3.43. The Hall–Kier alpha value is -0.870. The largest absolute Gasteiger partial charge is 0.497 e. The third-order valence-corrected chi connectivity index (χ3v) is 3.06. The summed E-state index contributed by atoms with van der Waals surface area (Å²) in [5.41, 5.74) is 7.07. The number of carbonyl (C=O) groups excluding carboxylic acids is 1. The Kier molecular flexibility index (Phi) is 3.88. The topological polar surface area (TPSA) is 52.3 Å². The normalized spacial score (nSPS) is 12.3. The van der Waals surface area contributed by atoms with Gasteiger partial charge in [0.15, 0.2) is 5.78 Å². The van der Waals surface area contributed by atoms with Gasteiger partial charge in [-0.05, 0) is 31.5 Å². The van der Waals surface area contributed by atoms with E-state index >= 15 is 0 Å². The Morgan fingerprint density at radius 3 is 2.60 bits per heavy atom. The molecular formula is C11H14BrNO2. The number of methoxy groups -OCH3 is 1. The summed E-state index contributed by atoms with van der Waals surface area (Å²) in [6.45, 7) is 3.55. The molecule has 0 bridgehead atoms. The van der Waals surface area contributed by atoms with Crippen molar-refractivity contribution in [3.8, 4) is 5.75 Å². The predicted octanol–water partition coefficient (Wildman–Crippen LogP) is 2.30. The molecule has 1 aromatic rings. The van der Waals surface area contributed by atoms with Gasteiger partial charge in [-0.3, -0.25) is 4.79 Å². The highest BCUT2D eigenvalue weighted by Crippen LogP contribution is 2.27. The van der Waals surface area contributed by atoms with Crippen LogP contribution in [0.15, 0.2) is 16.6 Å². The van der Waals surface area contributed by atoms with Gasteiger partial charge in [-0.2, -0.15) is 0 Å². The first-order chi connectivity index (χ1) is 6.97. The lowest BCUT2D eigenvalue weighted by atomic mass is 10.0. The first-order valence-electron chi connectivity index (χ1n) is 4.61. The van der Waals surface area contributed by atoms with E-state index in [1.165, 1.54) is 0 Å². The molecule has 3 nitrogen and oxygen atoms in total. The molecule has 0 heterocycles. The van der Waals surface area contributed by atoms with Gasteiger partial charge in [0.05, 0.1) is 13.2 Å². The molecule has 1 aromatic carbocycles. The first-order valence-corrected chi connectivity index (χ1v) is 5.40. The highest BCUT2D eigenvalue weighted by molar-refractivity contribution is 9.10. The average molecular weight is 272 g/mol. The highest BCUT2D eigenvalue weighted by Gasteiger charge is 2.16. The molecule has 0 aliphatic rings. The van der Waals surface area contributed by atoms with Gasteiger partial charge >= 0.3 is 0 Å². The van der Waals surface area contributed by atoms with Gasteiger partial charge in [0.1, 0.15) is 5.75 Å². The van der Waals surface area contributed by atoms with Crippen LogP contribution < -0.4 is 10.5 Å². The van der Waals surface area contributed by atoms with Gasteiger partial charge in [-0.25, -0.2) is 0 Å². The first kappa shape index (κ1) is 12.2. The molecule has 0 amide bonds. The van der Waals surface area contributed by atoms with Crippen LogP contribution in [0.25, 0.3) is 0 Å². The lowest BCUT2D eigenvalue weighted by molar-refractivity contribution is 0.0967. The number of rotatable bonds is 3. The standard InChI is InChI=1S/C11H14BrNO2/c1-6-9(11(14)7(2)13)4-8(15-3)5-10(6)12/h4-5,7H,13H2,1-3H3. The molecule has 0 aliphatic heterocycles. The number of carbonyl (C=O) groups is 1. The van der Waals surface area contributed by atoms with Crippen LogP contribution >= 0.6 is 15.9 Å². The molecule has 0 saturated heterocycles. The van der Waals surface area contributed by atoms with Crippen molar-refractivity contribution in [1.29, 1.82) is 0 Å². The van der Waals surface area contributed by atoms with Crippen LogP contribution in [0, 0.1) is 6.92 Å². The molecular weight excluding hydrogens is 258 g/mol. The summed E-state index contributed by atoms with van der Waals surface area (Å²) < 4.78 is 5.95. The van der Waals surface area contributed by atoms with E-state index < -0.39 is 6.04 Å². The number of hydrogen-bond donors (Lipinski definition) is 1. The van der Waals surface area contributed by atoms with E-state index in [1.54, 1.807) is 20.1 Å². The van der Waals surface area contributed by atoms with E-state index in [0.29, 0.717) is 11.3 Å². The quantitative estimate of drug-likeness (QED) is 0.859. The molecule has 15 heavy (non-hydrogen) atoms. The minimum absolute atomic E-state index is 0.0768. The number of benzene rings is 1. The van der Waals surface area contributed by atoms with Crippen LogP contribution in [0.4, 0.5) is 0 Å². The summed E-state index contributed by atoms with van der Waals surface area (Å²) in [7, 11) is 1.57. The lowest BCUT2D eigenvalue weighted by Gasteiger charge is -2.11. The fourth-order valence-electron chi connectivity index (χ4n) is 1.27. The van der Waals surface area contributed by atoms with Crippen molar-refractivity contribution >= 4 is 21.7 Å². The van der Waals surface area contributed by atoms with Gasteiger partial charge < -0.3 is 10.5 Å². The molecule has 82 valence electrons. The van der Waals surface area contributed by atoms with Crippen molar-refractivity contribution in [1.82, 2.24) is 0 Å². The van der Waals surface area contributed by atoms with Crippen LogP contribution in [-0.4, -0.2) is 18.9 Å². The lowest BCUT2D eigenvalue weighted by Crippen LogP contribution is -2.27. The second-order valence-corrected chi connectivity index (χ2v) is 4.29. The maximum atomic E-state index is 11.8. The molecule has 0 radical (unpaired) electrons. The van der Waals surface area contributed by atoms with Crippen molar-refractivity contribution in [2.75, 3.05) is 7.11 Å². The Morgan fingerprint density at radius 1 is 1.53 bits per heavy atom. The number of hydrogen-bond acceptors (Lipinski definition) is 3. The van der Waals surface area contributed by atoms with Crippen LogP contribution in [0.2, 0.25) is 0 Å². The second kappa shape index (κ2) is 4.77. The van der Waals surface area contributed by atoms with Crippen molar-refractivity contribution in [2.45, 2.75) is 19.9 Å². The van der Waals surface area contributed by atoms with Crippen LogP contribution in [0.5, 0.6) is 5.75 Å². The Morgan fingerprint density at radius 2 is 2.13 bits per heavy atom. The Bertz CT molecular complexity index is 388. The average Bonchev–Trinajstić information content (AvgIpc) is 2.20. The van der Waals surface area contributed by atoms with E-state index in [0.717, 1.165) is 10.0 Å². The molecule has 0 saturated carbocycles. The minimum Gasteiger partial charge on any atom is -0.497 e. The maximum absolute atomic E-state index is 11.8.